The van der Waals surface area contributed by atoms with Gasteiger partial charge in [-0.3, -0.25) is 0 Å². The summed E-state index contributed by atoms with van der Waals surface area (Å²) < 4.78 is 6.52. The number of anilines is 3. The lowest BCUT2D eigenvalue weighted by molar-refractivity contribution is 0.669. The molecule has 262 valence electrons. The Kier molecular flexibility index (Phi) is 6.81. The first-order chi connectivity index (χ1) is 27.8. The summed E-state index contributed by atoms with van der Waals surface area (Å²) in [5.41, 5.74) is 14.7. The molecule has 1 spiro atoms. The first-order valence-corrected chi connectivity index (χ1v) is 20.0. The number of hydrogen-bond donors (Lipinski definition) is 0. The Morgan fingerprint density at radius 1 is 0.393 bits per heavy atom. The van der Waals surface area contributed by atoms with Gasteiger partial charge in [-0.2, -0.15) is 0 Å². The van der Waals surface area contributed by atoms with Crippen molar-refractivity contribution in [2.24, 2.45) is 0 Å². The second-order valence-corrected chi connectivity index (χ2v) is 15.9. The first-order valence-electron chi connectivity index (χ1n) is 19.2. The van der Waals surface area contributed by atoms with Gasteiger partial charge in [0.1, 0.15) is 11.2 Å². The molecule has 12 rings (SSSR count). The third-order valence-electron chi connectivity index (χ3n) is 11.9. The molecule has 0 amide bonds. The van der Waals surface area contributed by atoms with Crippen molar-refractivity contribution in [1.29, 1.82) is 0 Å². The minimum Gasteiger partial charge on any atom is -0.456 e. The number of fused-ring (bicyclic) bond motifs is 13. The van der Waals surface area contributed by atoms with Crippen LogP contribution in [0.5, 0.6) is 0 Å². The largest absolute Gasteiger partial charge is 0.456 e. The van der Waals surface area contributed by atoms with Crippen LogP contribution in [0.1, 0.15) is 22.3 Å². The number of nitrogens with zero attached hydrogens (tertiary/aromatic N) is 1. The van der Waals surface area contributed by atoms with Gasteiger partial charge in [0.15, 0.2) is 0 Å². The van der Waals surface area contributed by atoms with Crippen molar-refractivity contribution in [1.82, 2.24) is 0 Å². The van der Waals surface area contributed by atoms with Gasteiger partial charge < -0.3 is 9.32 Å². The van der Waals surface area contributed by atoms with Gasteiger partial charge in [0.05, 0.1) is 11.1 Å². The molecule has 3 heteroatoms. The van der Waals surface area contributed by atoms with Crippen LogP contribution in [0, 0.1) is 0 Å². The molecule has 2 aliphatic rings. The summed E-state index contributed by atoms with van der Waals surface area (Å²) in [6.45, 7) is 0. The van der Waals surface area contributed by atoms with Crippen LogP contribution in [-0.2, 0) is 5.41 Å². The summed E-state index contributed by atoms with van der Waals surface area (Å²) in [5.74, 6) is 0. The van der Waals surface area contributed by atoms with Crippen LogP contribution in [0.25, 0.3) is 55.0 Å². The molecule has 0 atom stereocenters. The van der Waals surface area contributed by atoms with Crippen LogP contribution < -0.4 is 4.90 Å². The van der Waals surface area contributed by atoms with Crippen LogP contribution in [0.4, 0.5) is 17.1 Å². The lowest BCUT2D eigenvalue weighted by atomic mass is 9.67. The first kappa shape index (κ1) is 31.5. The van der Waals surface area contributed by atoms with E-state index in [-0.39, 0.29) is 0 Å². The SMILES string of the molecule is c1ccc(-c2ccccc2N(c2ccc3c(c2)C2(c4ccccc4Sc4ccccc42)c2cc4ccccc4cc2-3)c2ccc3c(c2)oc2ccccc23)cc1. The third-order valence-corrected chi connectivity index (χ3v) is 13.0. The zero-order valence-corrected chi connectivity index (χ0v) is 31.1. The number of hydrogen-bond acceptors (Lipinski definition) is 3. The summed E-state index contributed by atoms with van der Waals surface area (Å²) in [6, 6.07) is 73.4. The maximum Gasteiger partial charge on any atom is 0.137 e. The van der Waals surface area contributed by atoms with Gasteiger partial charge in [0.25, 0.3) is 0 Å². The van der Waals surface area contributed by atoms with Crippen LogP contribution >= 0.6 is 11.8 Å². The smallest absolute Gasteiger partial charge is 0.137 e. The van der Waals surface area contributed by atoms with Gasteiger partial charge in [-0.15, -0.1) is 0 Å². The van der Waals surface area contributed by atoms with Crippen molar-refractivity contribution in [2.45, 2.75) is 15.2 Å². The monoisotopic (exact) mass is 731 g/mol. The average Bonchev–Trinajstić information content (AvgIpc) is 3.76. The molecule has 0 radical (unpaired) electrons. The lowest BCUT2D eigenvalue weighted by Gasteiger charge is -2.40. The molecule has 0 bridgehead atoms. The summed E-state index contributed by atoms with van der Waals surface area (Å²) >= 11 is 1.88. The van der Waals surface area contributed by atoms with E-state index in [1.165, 1.54) is 59.5 Å². The molecule has 0 fully saturated rings. The highest BCUT2D eigenvalue weighted by molar-refractivity contribution is 7.99. The second-order valence-electron chi connectivity index (χ2n) is 14.8. The van der Waals surface area contributed by atoms with Crippen LogP contribution in [0.3, 0.4) is 0 Å². The van der Waals surface area contributed by atoms with Gasteiger partial charge in [-0.1, -0.05) is 145 Å². The standard InChI is InChI=1S/C53H33NOS/c1-2-14-34(15-3-1)39-18-6-10-22-48(39)54(38-27-29-42-41-19-7-11-23-49(41)55-50(42)33-38)37-26-28-40-43-30-35-16-4-5-17-36(35)31-46(43)53(47(40)32-37)44-20-8-12-24-51(44)56-52-25-13-9-21-45(52)53/h1-33H. The molecule has 1 aliphatic carbocycles. The Hall–Kier alpha value is -6.81. The highest BCUT2D eigenvalue weighted by Gasteiger charge is 2.50. The topological polar surface area (TPSA) is 16.4 Å². The predicted octanol–water partition coefficient (Wildman–Crippen LogP) is 14.7. The fraction of sp³-hybridized carbons (Fsp3) is 0.0189. The van der Waals surface area contributed by atoms with E-state index in [4.69, 9.17) is 4.42 Å². The van der Waals surface area contributed by atoms with Crippen LogP contribution in [-0.4, -0.2) is 0 Å². The zero-order chi connectivity index (χ0) is 36.8. The maximum atomic E-state index is 6.52. The Morgan fingerprint density at radius 2 is 1.00 bits per heavy atom. The Labute approximate surface area is 329 Å². The molecule has 2 nitrogen and oxygen atoms in total. The molecule has 10 aromatic rings. The minimum atomic E-state index is -0.517. The van der Waals surface area contributed by atoms with Crippen LogP contribution in [0.15, 0.2) is 214 Å². The average molecular weight is 732 g/mol. The Bertz CT molecular complexity index is 3150. The second kappa shape index (κ2) is 12.1. The summed E-state index contributed by atoms with van der Waals surface area (Å²) in [7, 11) is 0. The maximum absolute atomic E-state index is 6.52. The van der Waals surface area contributed by atoms with Crippen LogP contribution in [0.2, 0.25) is 0 Å². The van der Waals surface area contributed by atoms with Crippen molar-refractivity contribution in [3.63, 3.8) is 0 Å². The number of furan rings is 1. The molecule has 9 aromatic carbocycles. The van der Waals surface area contributed by atoms with Crippen molar-refractivity contribution < 1.29 is 4.42 Å². The van der Waals surface area contributed by atoms with Crippen molar-refractivity contribution in [2.75, 3.05) is 4.90 Å². The zero-order valence-electron chi connectivity index (χ0n) is 30.3. The molecular weight excluding hydrogens is 699 g/mol. The van der Waals surface area contributed by atoms with Gasteiger partial charge in [-0.25, -0.2) is 0 Å². The Balaban J connectivity index is 1.17. The van der Waals surface area contributed by atoms with Crippen molar-refractivity contribution >= 4 is 61.5 Å². The van der Waals surface area contributed by atoms with E-state index < -0.39 is 5.41 Å². The van der Waals surface area contributed by atoms with E-state index >= 15 is 0 Å². The van der Waals surface area contributed by atoms with E-state index in [1.54, 1.807) is 0 Å². The molecule has 0 unspecified atom stereocenters. The lowest BCUT2D eigenvalue weighted by Crippen LogP contribution is -2.32. The normalized spacial score (nSPS) is 13.4. The fourth-order valence-corrected chi connectivity index (χ4v) is 10.7. The molecule has 1 aliphatic heterocycles. The number of benzene rings is 9. The Morgan fingerprint density at radius 3 is 1.82 bits per heavy atom. The highest BCUT2D eigenvalue weighted by atomic mass is 32.2. The van der Waals surface area contributed by atoms with Crippen molar-refractivity contribution in [3.05, 3.63) is 222 Å². The van der Waals surface area contributed by atoms with Gasteiger partial charge in [-0.05, 0) is 110 Å². The summed E-state index contributed by atoms with van der Waals surface area (Å²) in [5, 5.41) is 4.75. The van der Waals surface area contributed by atoms with E-state index in [2.05, 4.69) is 199 Å². The van der Waals surface area contributed by atoms with Crippen molar-refractivity contribution in [3.8, 4) is 22.3 Å². The molecular formula is C53H33NOS. The quantitative estimate of drug-likeness (QED) is 0.179. The van der Waals surface area contributed by atoms with Gasteiger partial charge >= 0.3 is 0 Å². The summed E-state index contributed by atoms with van der Waals surface area (Å²) in [6.07, 6.45) is 0. The van der Waals surface area contributed by atoms with Gasteiger partial charge in [0, 0.05) is 43.6 Å². The molecule has 0 saturated carbocycles. The fourth-order valence-electron chi connectivity index (χ4n) is 9.52. The van der Waals surface area contributed by atoms with E-state index in [0.717, 1.165) is 44.6 Å². The number of rotatable bonds is 4. The number of para-hydroxylation sites is 2. The van der Waals surface area contributed by atoms with E-state index in [0.29, 0.717) is 0 Å². The molecule has 2 heterocycles. The highest BCUT2D eigenvalue weighted by Crippen LogP contribution is 2.63. The molecule has 0 N–H and O–H groups in total. The molecule has 1 aromatic heterocycles. The van der Waals surface area contributed by atoms with Gasteiger partial charge in [0.2, 0.25) is 0 Å². The van der Waals surface area contributed by atoms with E-state index in [9.17, 15) is 0 Å². The molecule has 56 heavy (non-hydrogen) atoms. The minimum absolute atomic E-state index is 0.517. The third kappa shape index (κ3) is 4.46. The van der Waals surface area contributed by atoms with E-state index in [1.807, 2.05) is 17.8 Å². The molecule has 0 saturated heterocycles. The summed E-state index contributed by atoms with van der Waals surface area (Å²) in [4.78, 5) is 5.02. The predicted molar refractivity (Wildman–Crippen MR) is 233 cm³/mol.